The van der Waals surface area contributed by atoms with Gasteiger partial charge in [-0.1, -0.05) is 24.3 Å². The summed E-state index contributed by atoms with van der Waals surface area (Å²) in [4.78, 5) is 11.1. The van der Waals surface area contributed by atoms with E-state index in [0.717, 1.165) is 15.3 Å². The molecule has 0 amide bonds. The Morgan fingerprint density at radius 3 is 2.40 bits per heavy atom. The van der Waals surface area contributed by atoms with Crippen molar-refractivity contribution in [2.75, 3.05) is 0 Å². The van der Waals surface area contributed by atoms with Crippen molar-refractivity contribution in [2.24, 2.45) is 0 Å². The van der Waals surface area contributed by atoms with Gasteiger partial charge >= 0.3 is 28.9 Å². The molecule has 3 aromatic rings. The van der Waals surface area contributed by atoms with Crippen LogP contribution in [0.15, 0.2) is 55.1 Å². The van der Waals surface area contributed by atoms with E-state index in [4.69, 9.17) is 18.6 Å². The minimum absolute atomic E-state index is 0.810. The summed E-state index contributed by atoms with van der Waals surface area (Å²) in [6, 6.07) is 10.1. The Morgan fingerprint density at radius 2 is 1.75 bits per heavy atom. The predicted octanol–water partition coefficient (Wildman–Crippen LogP) is -0.853. The summed E-state index contributed by atoms with van der Waals surface area (Å²) in [6.45, 7) is 0. The van der Waals surface area contributed by atoms with Gasteiger partial charge in [-0.3, -0.25) is 0 Å². The van der Waals surface area contributed by atoms with E-state index in [2.05, 4.69) is 6.07 Å². The standard InChI is InChI=1S/C12H9N2O.ClH3O4/c15-14-6-5-13-8-11-4-2-1-3-10(11)7-12(13)9-14;2-1(3,4)5/h1-9H;2-4H/q+1;. The summed E-state index contributed by atoms with van der Waals surface area (Å²) in [5.74, 6) is 0. The first-order valence-electron chi connectivity index (χ1n) is 5.42. The molecule has 7 nitrogen and oxygen atoms in total. The van der Waals surface area contributed by atoms with Crippen molar-refractivity contribution in [3.63, 3.8) is 0 Å². The van der Waals surface area contributed by atoms with E-state index < -0.39 is 10.2 Å². The van der Waals surface area contributed by atoms with Crippen LogP contribution in [0, 0.1) is 15.2 Å². The third-order valence-corrected chi connectivity index (χ3v) is 2.51. The first kappa shape index (κ1) is 14.4. The monoisotopic (exact) mass is 299 g/mol. The van der Waals surface area contributed by atoms with Gasteiger partial charge < -0.3 is 4.40 Å². The third kappa shape index (κ3) is 3.98. The van der Waals surface area contributed by atoms with Gasteiger partial charge in [-0.2, -0.15) is 0 Å². The zero-order chi connectivity index (χ0) is 14.8. The summed E-state index contributed by atoms with van der Waals surface area (Å²) in [6.07, 6.45) is 6.83. The van der Waals surface area contributed by atoms with Gasteiger partial charge in [0.2, 0.25) is 6.20 Å². The Hall–Kier alpha value is -2.03. The van der Waals surface area contributed by atoms with Crippen LogP contribution in [0.2, 0.25) is 0 Å². The van der Waals surface area contributed by atoms with Gasteiger partial charge in [0.05, 0.1) is 10.6 Å². The van der Waals surface area contributed by atoms with Crippen molar-refractivity contribution in [3.8, 4) is 0 Å². The molecule has 2 aromatic heterocycles. The fraction of sp³-hybridized carbons (Fsp3) is 0. The molecule has 0 fully saturated rings. The Labute approximate surface area is 114 Å². The Morgan fingerprint density at radius 1 is 1.15 bits per heavy atom. The van der Waals surface area contributed by atoms with Crippen LogP contribution in [-0.2, 0) is 0 Å². The van der Waals surface area contributed by atoms with Crippen molar-refractivity contribution < 1.29 is 33.3 Å². The number of nitrogens with zero attached hydrogens (tertiary/aromatic N) is 2. The van der Waals surface area contributed by atoms with E-state index in [1.54, 1.807) is 12.4 Å². The predicted molar refractivity (Wildman–Crippen MR) is 64.9 cm³/mol. The second-order valence-electron chi connectivity index (χ2n) is 3.96. The topological polar surface area (TPSA) is 111 Å². The van der Waals surface area contributed by atoms with Crippen LogP contribution in [0.4, 0.5) is 0 Å². The van der Waals surface area contributed by atoms with Gasteiger partial charge in [-0.05, 0) is 16.8 Å². The summed E-state index contributed by atoms with van der Waals surface area (Å²) >= 11 is 0. The van der Waals surface area contributed by atoms with Gasteiger partial charge in [-0.15, -0.1) is 0 Å². The molecule has 0 saturated heterocycles. The van der Waals surface area contributed by atoms with Crippen LogP contribution < -0.4 is 9.09 Å². The van der Waals surface area contributed by atoms with Gasteiger partial charge in [0.1, 0.15) is 5.52 Å². The molecule has 0 radical (unpaired) electrons. The van der Waals surface area contributed by atoms with Crippen LogP contribution in [0.3, 0.4) is 0 Å². The van der Waals surface area contributed by atoms with Gasteiger partial charge in [-0.25, -0.2) is 0 Å². The molecule has 0 saturated carbocycles. The number of fused-ring (bicyclic) bond motifs is 2. The van der Waals surface area contributed by atoms with E-state index >= 15 is 0 Å². The number of rotatable bonds is 0. The first-order chi connectivity index (χ1) is 9.33. The SMILES string of the molecule is O=[n+]1ccn2cc3ccccc3cc2c1.[O-][Cl+](O)(O)O. The number of benzene rings is 1. The molecular weight excluding hydrogens is 288 g/mol. The molecule has 3 rings (SSSR count). The second-order valence-corrected chi connectivity index (χ2v) is 4.82. The van der Waals surface area contributed by atoms with Gasteiger partial charge in [0.15, 0.2) is 0 Å². The number of halogens is 1. The average Bonchev–Trinajstić information content (AvgIpc) is 2.34. The normalized spacial score (nSPS) is 12.0. The van der Waals surface area contributed by atoms with Crippen LogP contribution in [0.25, 0.3) is 16.3 Å². The summed E-state index contributed by atoms with van der Waals surface area (Å²) in [5.41, 5.74) is 0.895. The Kier molecular flexibility index (Phi) is 3.98. The van der Waals surface area contributed by atoms with Crippen molar-refractivity contribution >= 4 is 16.3 Å². The van der Waals surface area contributed by atoms with Gasteiger partial charge in [0, 0.05) is 11.1 Å². The molecule has 0 unspecified atom stereocenters. The molecule has 20 heavy (non-hydrogen) atoms. The van der Waals surface area contributed by atoms with Crippen molar-refractivity contribution in [2.45, 2.75) is 0 Å². The van der Waals surface area contributed by atoms with E-state index in [0.29, 0.717) is 0 Å². The third-order valence-electron chi connectivity index (χ3n) is 2.51. The second kappa shape index (κ2) is 5.53. The number of aromatic nitrogens is 2. The summed E-state index contributed by atoms with van der Waals surface area (Å²) in [7, 11) is -4.19. The van der Waals surface area contributed by atoms with Crippen molar-refractivity contribution in [1.82, 2.24) is 4.40 Å². The van der Waals surface area contributed by atoms with Crippen LogP contribution in [0.5, 0.6) is 0 Å². The zero-order valence-electron chi connectivity index (χ0n) is 10.1. The molecule has 3 N–H and O–H groups in total. The maximum atomic E-state index is 11.1. The van der Waals surface area contributed by atoms with Crippen molar-refractivity contribution in [1.29, 1.82) is 0 Å². The fourth-order valence-electron chi connectivity index (χ4n) is 1.76. The Balaban J connectivity index is 0.000000257. The first-order valence-corrected chi connectivity index (χ1v) is 6.74. The number of hydrogen-bond acceptors (Lipinski definition) is 5. The molecule has 2 heterocycles. The van der Waals surface area contributed by atoms with Gasteiger partial charge in [0.25, 0.3) is 6.20 Å². The molecule has 0 aliphatic heterocycles. The quantitative estimate of drug-likeness (QED) is 0.370. The number of hydrogen-bond donors (Lipinski definition) is 3. The molecule has 0 aliphatic carbocycles. The molecule has 0 aliphatic rings. The maximum absolute atomic E-state index is 11.1. The van der Waals surface area contributed by atoms with E-state index in [9.17, 15) is 4.91 Å². The van der Waals surface area contributed by atoms with Crippen molar-refractivity contribution in [3.05, 3.63) is 60.0 Å². The van der Waals surface area contributed by atoms with Crippen LogP contribution in [0.1, 0.15) is 0 Å². The zero-order valence-corrected chi connectivity index (χ0v) is 10.9. The molecule has 1 aromatic carbocycles. The van der Waals surface area contributed by atoms with E-state index in [1.807, 2.05) is 34.9 Å². The molecular formula is C12H12ClN2O5+. The molecule has 8 heteroatoms. The van der Waals surface area contributed by atoms with Crippen LogP contribution in [-0.4, -0.2) is 18.4 Å². The average molecular weight is 300 g/mol. The molecule has 0 atom stereocenters. The molecule has 0 spiro atoms. The van der Waals surface area contributed by atoms with E-state index in [1.165, 1.54) is 11.6 Å². The Bertz CT molecular complexity index is 791. The van der Waals surface area contributed by atoms with E-state index in [-0.39, 0.29) is 0 Å². The molecule has 0 bridgehead atoms. The number of pyridine rings is 1. The fourth-order valence-corrected chi connectivity index (χ4v) is 1.76. The minimum atomic E-state index is -4.19. The summed E-state index contributed by atoms with van der Waals surface area (Å²) in [5, 5.41) is 2.31. The molecule has 106 valence electrons. The van der Waals surface area contributed by atoms with Crippen LogP contribution >= 0.6 is 0 Å². The summed E-state index contributed by atoms with van der Waals surface area (Å²) < 4.78 is 33.0.